The summed E-state index contributed by atoms with van der Waals surface area (Å²) in [7, 11) is 8.94. The fourth-order valence-electron chi connectivity index (χ4n) is 5.77. The lowest BCUT2D eigenvalue weighted by atomic mass is 9.81. The molecule has 3 aromatic carbocycles. The van der Waals surface area contributed by atoms with E-state index < -0.39 is 0 Å². The monoisotopic (exact) mass is 446 g/mol. The van der Waals surface area contributed by atoms with E-state index in [0.29, 0.717) is 5.92 Å². The van der Waals surface area contributed by atoms with Crippen molar-refractivity contribution in [2.75, 3.05) is 28.4 Å². The van der Waals surface area contributed by atoms with E-state index in [1.165, 1.54) is 59.3 Å². The fourth-order valence-corrected chi connectivity index (χ4v) is 5.77. The van der Waals surface area contributed by atoms with Crippen molar-refractivity contribution in [2.45, 2.75) is 38.0 Å². The molecule has 1 saturated carbocycles. The molecular weight excluding hydrogens is 414 g/mol. The van der Waals surface area contributed by atoms with E-state index in [9.17, 15) is 0 Å². The Kier molecular flexibility index (Phi) is 5.65. The van der Waals surface area contributed by atoms with Gasteiger partial charge in [-0.25, -0.2) is 0 Å². The maximum absolute atomic E-state index is 5.93. The summed E-state index contributed by atoms with van der Waals surface area (Å²) < 4.78 is 25.2. The molecule has 0 bridgehead atoms. The third-order valence-electron chi connectivity index (χ3n) is 7.24. The molecule has 0 amide bonds. The van der Waals surface area contributed by atoms with Crippen LogP contribution in [0.25, 0.3) is 32.4 Å². The van der Waals surface area contributed by atoms with E-state index in [4.69, 9.17) is 18.9 Å². The highest BCUT2D eigenvalue weighted by atomic mass is 16.5. The highest BCUT2D eigenvalue weighted by molar-refractivity contribution is 6.16. The summed E-state index contributed by atoms with van der Waals surface area (Å²) in [6.07, 6.45) is 8.36. The molecule has 5 nitrogen and oxygen atoms in total. The summed E-state index contributed by atoms with van der Waals surface area (Å²) in [6.45, 7) is 0. The van der Waals surface area contributed by atoms with Crippen LogP contribution in [0.4, 0.5) is 0 Å². The van der Waals surface area contributed by atoms with Gasteiger partial charge in [0.05, 0.1) is 44.6 Å². The second-order valence-electron chi connectivity index (χ2n) is 8.92. The van der Waals surface area contributed by atoms with E-state index in [0.717, 1.165) is 33.8 Å². The van der Waals surface area contributed by atoms with Gasteiger partial charge < -0.3 is 18.9 Å². The Balaban J connectivity index is 1.90. The summed E-state index contributed by atoms with van der Waals surface area (Å²) in [5, 5.41) is 5.77. The molecule has 0 aliphatic heterocycles. The quantitative estimate of drug-likeness (QED) is 0.276. The third-order valence-corrected chi connectivity index (χ3v) is 7.24. The topological polar surface area (TPSA) is 40.8 Å². The Hall–Kier alpha value is -3.21. The van der Waals surface area contributed by atoms with Crippen molar-refractivity contribution in [3.05, 3.63) is 42.1 Å². The van der Waals surface area contributed by atoms with Gasteiger partial charge >= 0.3 is 0 Å². The van der Waals surface area contributed by atoms with Crippen molar-refractivity contribution in [1.82, 2.24) is 0 Å². The number of rotatable bonds is 5. The fraction of sp³-hybridized carbons (Fsp3) is 0.393. The number of pyridine rings is 1. The van der Waals surface area contributed by atoms with Crippen LogP contribution in [0.5, 0.6) is 23.0 Å². The standard InChI is InChI=1S/C28H32NO4/c1-29-16-22-18(13-14-23(30-2)27(22)32-4)20-12-11-19-21(26(20)29)15-24(31-3)28(33-5)25(19)17-9-7-6-8-10-17/h11-17H,6-10H2,1-5H3/q+1. The Morgan fingerprint density at radius 2 is 1.33 bits per heavy atom. The van der Waals surface area contributed by atoms with Crippen LogP contribution in [0.1, 0.15) is 43.6 Å². The summed E-state index contributed by atoms with van der Waals surface area (Å²) in [5.74, 6) is 3.65. The number of aryl methyl sites for hydroxylation is 1. The zero-order valence-corrected chi connectivity index (χ0v) is 20.2. The molecule has 1 heterocycles. The molecule has 1 aliphatic carbocycles. The van der Waals surface area contributed by atoms with Gasteiger partial charge in [0.2, 0.25) is 5.52 Å². The van der Waals surface area contributed by atoms with Gasteiger partial charge in [0.15, 0.2) is 29.2 Å². The maximum atomic E-state index is 5.93. The van der Waals surface area contributed by atoms with E-state index in [1.54, 1.807) is 28.4 Å². The number of methoxy groups -OCH3 is 4. The lowest BCUT2D eigenvalue weighted by molar-refractivity contribution is -0.642. The first kappa shape index (κ1) is 21.6. The summed E-state index contributed by atoms with van der Waals surface area (Å²) in [4.78, 5) is 0. The maximum Gasteiger partial charge on any atom is 0.220 e. The predicted octanol–water partition coefficient (Wildman–Crippen LogP) is 6.05. The van der Waals surface area contributed by atoms with Crippen molar-refractivity contribution >= 4 is 32.4 Å². The predicted molar refractivity (Wildman–Crippen MR) is 132 cm³/mol. The van der Waals surface area contributed by atoms with Crippen LogP contribution >= 0.6 is 0 Å². The van der Waals surface area contributed by atoms with E-state index in [-0.39, 0.29) is 0 Å². The van der Waals surface area contributed by atoms with Crippen molar-refractivity contribution in [3.8, 4) is 23.0 Å². The number of ether oxygens (including phenoxy) is 4. The van der Waals surface area contributed by atoms with Gasteiger partial charge in [0.1, 0.15) is 7.05 Å². The first-order valence-corrected chi connectivity index (χ1v) is 11.7. The van der Waals surface area contributed by atoms with Crippen LogP contribution in [0.3, 0.4) is 0 Å². The number of hydrogen-bond acceptors (Lipinski definition) is 4. The minimum Gasteiger partial charge on any atom is -0.493 e. The summed E-state index contributed by atoms with van der Waals surface area (Å²) >= 11 is 0. The zero-order chi connectivity index (χ0) is 23.1. The number of nitrogens with zero attached hydrogens (tertiary/aromatic N) is 1. The third kappa shape index (κ3) is 3.33. The lowest BCUT2D eigenvalue weighted by Crippen LogP contribution is -2.28. The molecule has 0 unspecified atom stereocenters. The number of benzene rings is 3. The molecular formula is C28H32NO4+. The van der Waals surface area contributed by atoms with Gasteiger partial charge in [-0.1, -0.05) is 25.3 Å². The Morgan fingerprint density at radius 1 is 0.667 bits per heavy atom. The van der Waals surface area contributed by atoms with Crippen LogP contribution in [-0.2, 0) is 7.05 Å². The first-order valence-electron chi connectivity index (χ1n) is 11.7. The second-order valence-corrected chi connectivity index (χ2v) is 8.92. The van der Waals surface area contributed by atoms with Crippen molar-refractivity contribution < 1.29 is 23.5 Å². The van der Waals surface area contributed by atoms with E-state index in [1.807, 2.05) is 6.07 Å². The molecule has 5 heteroatoms. The van der Waals surface area contributed by atoms with Crippen LogP contribution in [-0.4, -0.2) is 28.4 Å². The highest BCUT2D eigenvalue weighted by Gasteiger charge is 2.27. The zero-order valence-electron chi connectivity index (χ0n) is 20.2. The molecule has 33 heavy (non-hydrogen) atoms. The van der Waals surface area contributed by atoms with Gasteiger partial charge in [-0.05, 0) is 48.4 Å². The van der Waals surface area contributed by atoms with Crippen molar-refractivity contribution in [1.29, 1.82) is 0 Å². The summed E-state index contributed by atoms with van der Waals surface area (Å²) in [6, 6.07) is 10.7. The number of fused-ring (bicyclic) bond motifs is 5. The van der Waals surface area contributed by atoms with Gasteiger partial charge in [-0.2, -0.15) is 4.57 Å². The largest absolute Gasteiger partial charge is 0.493 e. The molecule has 1 fully saturated rings. The Bertz CT molecular complexity index is 1360. The molecule has 0 spiro atoms. The molecule has 1 aromatic heterocycles. The molecule has 0 N–H and O–H groups in total. The first-order chi connectivity index (χ1) is 16.1. The summed E-state index contributed by atoms with van der Waals surface area (Å²) in [5.41, 5.74) is 2.46. The minimum atomic E-state index is 0.485. The minimum absolute atomic E-state index is 0.485. The average Bonchev–Trinajstić information content (AvgIpc) is 2.86. The van der Waals surface area contributed by atoms with Crippen LogP contribution in [0, 0.1) is 0 Å². The Labute approximate surface area is 194 Å². The molecule has 4 aromatic rings. The molecule has 0 radical (unpaired) electrons. The molecule has 1 aliphatic rings. The lowest BCUT2D eigenvalue weighted by Gasteiger charge is -2.26. The van der Waals surface area contributed by atoms with Gasteiger partial charge in [-0.15, -0.1) is 0 Å². The van der Waals surface area contributed by atoms with Crippen molar-refractivity contribution in [2.24, 2.45) is 7.05 Å². The number of hydrogen-bond donors (Lipinski definition) is 0. The van der Waals surface area contributed by atoms with Crippen LogP contribution in [0.2, 0.25) is 0 Å². The van der Waals surface area contributed by atoms with Crippen molar-refractivity contribution in [3.63, 3.8) is 0 Å². The normalized spacial score (nSPS) is 14.7. The van der Waals surface area contributed by atoms with E-state index >= 15 is 0 Å². The molecule has 172 valence electrons. The smallest absolute Gasteiger partial charge is 0.220 e. The SMILES string of the molecule is COc1cc2c(ccc3c4ccc(OC)c(OC)c4c[n+](C)c23)c(C2CCCCC2)c1OC. The van der Waals surface area contributed by atoms with Gasteiger partial charge in [0.25, 0.3) is 0 Å². The van der Waals surface area contributed by atoms with Gasteiger partial charge in [-0.3, -0.25) is 0 Å². The van der Waals surface area contributed by atoms with E-state index in [2.05, 4.69) is 42.1 Å². The van der Waals surface area contributed by atoms with Crippen LogP contribution < -0.4 is 23.5 Å². The average molecular weight is 447 g/mol. The van der Waals surface area contributed by atoms with Crippen LogP contribution in [0.15, 0.2) is 36.5 Å². The number of aromatic nitrogens is 1. The Morgan fingerprint density at radius 3 is 2.00 bits per heavy atom. The molecule has 5 rings (SSSR count). The molecule has 0 saturated heterocycles. The van der Waals surface area contributed by atoms with Gasteiger partial charge in [0, 0.05) is 10.9 Å². The molecule has 0 atom stereocenters. The second kappa shape index (κ2) is 8.62. The highest BCUT2D eigenvalue weighted by Crippen LogP contribution is 2.48.